The fourth-order valence-electron chi connectivity index (χ4n) is 2.18. The second-order valence-corrected chi connectivity index (χ2v) is 5.93. The second-order valence-electron chi connectivity index (χ2n) is 5.93. The van der Waals surface area contributed by atoms with Crippen LogP contribution in [0, 0.1) is 5.92 Å². The molecule has 122 valence electrons. The van der Waals surface area contributed by atoms with Gasteiger partial charge >= 0.3 is 0 Å². The minimum atomic E-state index is 0.141. The number of carbonyl (C=O) groups is 1. The maximum Gasteiger partial charge on any atom is 0.225 e. The molecule has 0 aromatic heterocycles. The summed E-state index contributed by atoms with van der Waals surface area (Å²) in [5.74, 6) is 0.451. The average Bonchev–Trinajstić information content (AvgIpc) is 2.49. The van der Waals surface area contributed by atoms with Gasteiger partial charge in [-0.05, 0) is 39.0 Å². The first kappa shape index (κ1) is 19.9. The van der Waals surface area contributed by atoms with Crippen LogP contribution >= 0.6 is 0 Å². The Morgan fingerprint density at radius 2 is 1.86 bits per heavy atom. The zero-order valence-corrected chi connectivity index (χ0v) is 14.8. The first-order valence-corrected chi connectivity index (χ1v) is 8.66. The van der Waals surface area contributed by atoms with Crippen LogP contribution in [0.3, 0.4) is 0 Å². The molecule has 0 aromatic rings. The van der Waals surface area contributed by atoms with Gasteiger partial charge in [0.1, 0.15) is 0 Å². The molecule has 0 radical (unpaired) electrons. The van der Waals surface area contributed by atoms with Crippen LogP contribution in [0.15, 0.2) is 23.8 Å². The van der Waals surface area contributed by atoms with Crippen molar-refractivity contribution in [2.24, 2.45) is 5.92 Å². The quantitative estimate of drug-likeness (QED) is 0.371. The van der Waals surface area contributed by atoms with E-state index >= 15 is 0 Å². The Kier molecular flexibility index (Phi) is 12.0. The van der Waals surface area contributed by atoms with Crippen LogP contribution in [0.1, 0.15) is 73.1 Å². The van der Waals surface area contributed by atoms with Gasteiger partial charge in [0.2, 0.25) is 5.91 Å². The van der Waals surface area contributed by atoms with E-state index in [9.17, 15) is 4.79 Å². The van der Waals surface area contributed by atoms with Crippen molar-refractivity contribution in [1.82, 2.24) is 4.90 Å². The lowest BCUT2D eigenvalue weighted by atomic mass is 10.1. The smallest absolute Gasteiger partial charge is 0.225 e. The average molecular weight is 293 g/mol. The summed E-state index contributed by atoms with van der Waals surface area (Å²) in [5.41, 5.74) is 1.31. The largest absolute Gasteiger partial charge is 0.338 e. The van der Waals surface area contributed by atoms with E-state index in [4.69, 9.17) is 0 Å². The minimum absolute atomic E-state index is 0.141. The van der Waals surface area contributed by atoms with Crippen LogP contribution in [0.25, 0.3) is 0 Å². The number of hydrogen-bond acceptors (Lipinski definition) is 1. The van der Waals surface area contributed by atoms with Gasteiger partial charge in [-0.2, -0.15) is 0 Å². The van der Waals surface area contributed by atoms with Crippen molar-refractivity contribution in [3.63, 3.8) is 0 Å². The predicted molar refractivity (Wildman–Crippen MR) is 93.4 cm³/mol. The summed E-state index contributed by atoms with van der Waals surface area (Å²) in [6.45, 7) is 12.3. The van der Waals surface area contributed by atoms with E-state index in [2.05, 4.69) is 45.9 Å². The Balaban J connectivity index is 4.46. The summed E-state index contributed by atoms with van der Waals surface area (Å²) in [6, 6.07) is 0. The lowest BCUT2D eigenvalue weighted by Gasteiger charge is -2.26. The predicted octanol–water partition coefficient (Wildman–Crippen LogP) is 5.35. The van der Waals surface area contributed by atoms with Crippen molar-refractivity contribution in [3.8, 4) is 0 Å². The first-order valence-electron chi connectivity index (χ1n) is 8.66. The molecule has 0 aliphatic heterocycles. The highest BCUT2D eigenvalue weighted by Gasteiger charge is 2.18. The highest BCUT2D eigenvalue weighted by molar-refractivity contribution is 5.78. The molecule has 0 aliphatic rings. The lowest BCUT2D eigenvalue weighted by Crippen LogP contribution is -2.37. The van der Waals surface area contributed by atoms with Gasteiger partial charge in [-0.3, -0.25) is 4.79 Å². The van der Waals surface area contributed by atoms with Crippen molar-refractivity contribution in [2.75, 3.05) is 13.1 Å². The summed E-state index contributed by atoms with van der Waals surface area (Å²) in [4.78, 5) is 14.5. The Hall–Kier alpha value is -1.05. The van der Waals surface area contributed by atoms with Gasteiger partial charge in [0, 0.05) is 19.0 Å². The van der Waals surface area contributed by atoms with E-state index in [0.717, 1.165) is 51.6 Å². The molecule has 0 aromatic carbocycles. The molecule has 0 saturated carbocycles. The summed E-state index contributed by atoms with van der Waals surface area (Å²) in [6.07, 6.45) is 13.2. The van der Waals surface area contributed by atoms with Crippen molar-refractivity contribution in [1.29, 1.82) is 0 Å². The summed E-state index contributed by atoms with van der Waals surface area (Å²) < 4.78 is 0. The van der Waals surface area contributed by atoms with E-state index < -0.39 is 0 Å². The third-order valence-electron chi connectivity index (χ3n) is 3.80. The summed E-state index contributed by atoms with van der Waals surface area (Å²) >= 11 is 0. The molecule has 1 atom stereocenters. The first-order chi connectivity index (χ1) is 10.1. The van der Waals surface area contributed by atoms with E-state index in [0.29, 0.717) is 5.91 Å². The van der Waals surface area contributed by atoms with Crippen molar-refractivity contribution >= 4 is 5.91 Å². The number of carbonyl (C=O) groups excluding carboxylic acids is 1. The van der Waals surface area contributed by atoms with Gasteiger partial charge in [0.25, 0.3) is 0 Å². The molecule has 0 spiro atoms. The maximum absolute atomic E-state index is 12.4. The monoisotopic (exact) mass is 293 g/mol. The number of hydrogen-bond donors (Lipinski definition) is 0. The molecular formula is C19H35NO. The van der Waals surface area contributed by atoms with Gasteiger partial charge in [0.05, 0.1) is 0 Å². The molecule has 0 bridgehead atoms. The van der Waals surface area contributed by atoms with Gasteiger partial charge in [-0.1, -0.05) is 57.9 Å². The molecule has 1 amide bonds. The second kappa shape index (κ2) is 12.7. The number of rotatable bonds is 11. The summed E-state index contributed by atoms with van der Waals surface area (Å²) in [7, 11) is 0. The normalized spacial score (nSPS) is 13.7. The Morgan fingerprint density at radius 1 is 1.14 bits per heavy atom. The summed E-state index contributed by atoms with van der Waals surface area (Å²) in [5, 5.41) is 0. The van der Waals surface area contributed by atoms with E-state index in [1.54, 1.807) is 0 Å². The third kappa shape index (κ3) is 9.49. The van der Waals surface area contributed by atoms with Crippen LogP contribution in [0.4, 0.5) is 0 Å². The SMILES string of the molecule is CC/C=C\CC/C=C(\C)CN(CCCC)C(=O)C(C)CC. The number of allylic oxidation sites excluding steroid dienone is 3. The molecule has 0 rings (SSSR count). The minimum Gasteiger partial charge on any atom is -0.338 e. The van der Waals surface area contributed by atoms with Gasteiger partial charge in [-0.25, -0.2) is 0 Å². The topological polar surface area (TPSA) is 20.3 Å². The molecule has 2 heteroatoms. The fraction of sp³-hybridized carbons (Fsp3) is 0.737. The zero-order chi connectivity index (χ0) is 16.1. The Labute approximate surface area is 132 Å². The van der Waals surface area contributed by atoms with Crippen molar-refractivity contribution in [2.45, 2.75) is 73.1 Å². The molecule has 1 unspecified atom stereocenters. The highest BCUT2D eigenvalue weighted by Crippen LogP contribution is 2.11. The standard InChI is InChI=1S/C19H35NO/c1-6-9-11-12-13-14-17(4)16-20(15-10-7-2)19(21)18(5)8-3/h9,11,14,18H,6-8,10,12-13,15-16H2,1-5H3/b11-9-,17-14+. The van der Waals surface area contributed by atoms with Crippen molar-refractivity contribution < 1.29 is 4.79 Å². The van der Waals surface area contributed by atoms with Crippen molar-refractivity contribution in [3.05, 3.63) is 23.8 Å². The van der Waals surface area contributed by atoms with E-state index in [1.165, 1.54) is 5.57 Å². The number of nitrogens with zero attached hydrogens (tertiary/aromatic N) is 1. The van der Waals surface area contributed by atoms with Crippen LogP contribution < -0.4 is 0 Å². The van der Waals surface area contributed by atoms with E-state index in [1.807, 2.05) is 11.8 Å². The Morgan fingerprint density at radius 3 is 2.43 bits per heavy atom. The van der Waals surface area contributed by atoms with Gasteiger partial charge in [0.15, 0.2) is 0 Å². The number of unbranched alkanes of at least 4 members (excludes halogenated alkanes) is 2. The molecule has 0 saturated heterocycles. The molecule has 0 fully saturated rings. The lowest BCUT2D eigenvalue weighted by molar-refractivity contribution is -0.134. The van der Waals surface area contributed by atoms with E-state index in [-0.39, 0.29) is 5.92 Å². The van der Waals surface area contributed by atoms with Gasteiger partial charge < -0.3 is 4.90 Å². The molecule has 0 N–H and O–H groups in total. The molecular weight excluding hydrogens is 258 g/mol. The molecule has 2 nitrogen and oxygen atoms in total. The van der Waals surface area contributed by atoms with Crippen LogP contribution in [-0.2, 0) is 4.79 Å². The zero-order valence-electron chi connectivity index (χ0n) is 14.8. The molecule has 0 aliphatic carbocycles. The molecule has 0 heterocycles. The van der Waals surface area contributed by atoms with Crippen LogP contribution in [0.2, 0.25) is 0 Å². The van der Waals surface area contributed by atoms with Gasteiger partial charge in [-0.15, -0.1) is 0 Å². The molecule has 21 heavy (non-hydrogen) atoms. The number of amides is 1. The fourth-order valence-corrected chi connectivity index (χ4v) is 2.18. The third-order valence-corrected chi connectivity index (χ3v) is 3.80. The van der Waals surface area contributed by atoms with Crippen LogP contribution in [0.5, 0.6) is 0 Å². The maximum atomic E-state index is 12.4. The van der Waals surface area contributed by atoms with Crippen LogP contribution in [-0.4, -0.2) is 23.9 Å². The highest BCUT2D eigenvalue weighted by atomic mass is 16.2. The Bertz CT molecular complexity index is 330.